The Kier molecular flexibility index (Phi) is 3.90. The highest BCUT2D eigenvalue weighted by Crippen LogP contribution is 2.27. The van der Waals surface area contributed by atoms with Crippen LogP contribution in [0.4, 0.5) is 0 Å². The zero-order valence-electron chi connectivity index (χ0n) is 11.5. The minimum absolute atomic E-state index is 0.285. The number of ether oxygens (including phenoxy) is 1. The van der Waals surface area contributed by atoms with Crippen molar-refractivity contribution in [3.8, 4) is 5.75 Å². The van der Waals surface area contributed by atoms with Crippen LogP contribution in [-0.2, 0) is 22.9 Å². The molecule has 3 rings (SSSR count). The Labute approximate surface area is 124 Å². The number of benzene rings is 1. The van der Waals surface area contributed by atoms with E-state index in [1.807, 2.05) is 18.2 Å². The van der Waals surface area contributed by atoms with Gasteiger partial charge in [0.25, 0.3) is 0 Å². The lowest BCUT2D eigenvalue weighted by Gasteiger charge is -2.08. The molecule has 21 heavy (non-hydrogen) atoms. The molecule has 1 aromatic carbocycles. The molecular formula is C15H16N2O3S. The molecule has 0 saturated heterocycles. The van der Waals surface area contributed by atoms with Crippen molar-refractivity contribution < 1.29 is 13.2 Å². The highest BCUT2D eigenvalue weighted by Gasteiger charge is 2.18. The van der Waals surface area contributed by atoms with Crippen molar-refractivity contribution in [2.45, 2.75) is 17.7 Å². The predicted molar refractivity (Wildman–Crippen MR) is 78.8 cm³/mol. The second-order valence-electron chi connectivity index (χ2n) is 4.84. The van der Waals surface area contributed by atoms with Crippen molar-refractivity contribution in [3.05, 3.63) is 53.9 Å². The van der Waals surface area contributed by atoms with E-state index < -0.39 is 10.0 Å². The monoisotopic (exact) mass is 304 g/mol. The fourth-order valence-corrected chi connectivity index (χ4v) is 3.35. The molecule has 6 heteroatoms. The standard InChI is InChI=1S/C15H16N2O3S/c18-21(19,17-9-6-13-3-1-2-8-16-13)14-4-5-15-12(11-14)7-10-20-15/h1-5,8,11,17H,6-7,9-10H2. The van der Waals surface area contributed by atoms with E-state index in [2.05, 4.69) is 9.71 Å². The first kappa shape index (κ1) is 14.0. The quantitative estimate of drug-likeness (QED) is 0.910. The average molecular weight is 304 g/mol. The van der Waals surface area contributed by atoms with Crippen LogP contribution in [0.15, 0.2) is 47.5 Å². The zero-order chi connectivity index (χ0) is 14.7. The van der Waals surface area contributed by atoms with Crippen LogP contribution in [0, 0.1) is 0 Å². The van der Waals surface area contributed by atoms with Crippen LogP contribution in [0.2, 0.25) is 0 Å². The van der Waals surface area contributed by atoms with E-state index in [0.717, 1.165) is 23.4 Å². The molecule has 1 aliphatic heterocycles. The summed E-state index contributed by atoms with van der Waals surface area (Å²) in [6.07, 6.45) is 3.02. The molecule has 1 aromatic heterocycles. The van der Waals surface area contributed by atoms with Gasteiger partial charge in [-0.05, 0) is 35.9 Å². The molecule has 1 aliphatic rings. The van der Waals surface area contributed by atoms with Crippen molar-refractivity contribution in [1.82, 2.24) is 9.71 Å². The molecule has 0 amide bonds. The lowest BCUT2D eigenvalue weighted by Crippen LogP contribution is -2.26. The molecule has 0 spiro atoms. The summed E-state index contributed by atoms with van der Waals surface area (Å²) in [6, 6.07) is 10.6. The summed E-state index contributed by atoms with van der Waals surface area (Å²) in [5, 5.41) is 0. The highest BCUT2D eigenvalue weighted by molar-refractivity contribution is 7.89. The molecule has 2 aromatic rings. The second kappa shape index (κ2) is 5.83. The summed E-state index contributed by atoms with van der Waals surface area (Å²) >= 11 is 0. The third kappa shape index (κ3) is 3.22. The predicted octanol–water partition coefficient (Wildman–Crippen LogP) is 1.54. The van der Waals surface area contributed by atoms with Gasteiger partial charge in [0.1, 0.15) is 5.75 Å². The van der Waals surface area contributed by atoms with Crippen molar-refractivity contribution >= 4 is 10.0 Å². The van der Waals surface area contributed by atoms with Gasteiger partial charge in [-0.15, -0.1) is 0 Å². The van der Waals surface area contributed by atoms with E-state index in [-0.39, 0.29) is 4.90 Å². The normalized spacial score (nSPS) is 13.7. The van der Waals surface area contributed by atoms with Gasteiger partial charge in [-0.1, -0.05) is 6.07 Å². The van der Waals surface area contributed by atoms with Gasteiger partial charge < -0.3 is 4.74 Å². The molecular weight excluding hydrogens is 288 g/mol. The first-order valence-corrected chi connectivity index (χ1v) is 8.29. The summed E-state index contributed by atoms with van der Waals surface area (Å²) in [5.74, 6) is 0.780. The van der Waals surface area contributed by atoms with E-state index in [4.69, 9.17) is 4.74 Å². The summed E-state index contributed by atoms with van der Waals surface area (Å²) in [7, 11) is -3.49. The minimum Gasteiger partial charge on any atom is -0.493 e. The Balaban J connectivity index is 1.67. The minimum atomic E-state index is -3.49. The first-order chi connectivity index (χ1) is 10.1. The smallest absolute Gasteiger partial charge is 0.240 e. The fraction of sp³-hybridized carbons (Fsp3) is 0.267. The zero-order valence-corrected chi connectivity index (χ0v) is 12.3. The molecule has 0 radical (unpaired) electrons. The molecule has 0 saturated carbocycles. The summed E-state index contributed by atoms with van der Waals surface area (Å²) in [6.45, 7) is 0.943. The number of nitrogens with zero attached hydrogens (tertiary/aromatic N) is 1. The maximum Gasteiger partial charge on any atom is 0.240 e. The molecule has 5 nitrogen and oxygen atoms in total. The van der Waals surface area contributed by atoms with Crippen LogP contribution in [-0.4, -0.2) is 26.6 Å². The van der Waals surface area contributed by atoms with E-state index >= 15 is 0 Å². The third-order valence-corrected chi connectivity index (χ3v) is 4.83. The van der Waals surface area contributed by atoms with Gasteiger partial charge >= 0.3 is 0 Å². The topological polar surface area (TPSA) is 68.3 Å². The Morgan fingerprint density at radius 1 is 1.24 bits per heavy atom. The highest BCUT2D eigenvalue weighted by atomic mass is 32.2. The van der Waals surface area contributed by atoms with Gasteiger partial charge in [0.05, 0.1) is 11.5 Å². The first-order valence-electron chi connectivity index (χ1n) is 6.80. The van der Waals surface area contributed by atoms with Gasteiger partial charge in [0.2, 0.25) is 10.0 Å². The number of nitrogens with one attached hydrogen (secondary N) is 1. The number of pyridine rings is 1. The number of hydrogen-bond donors (Lipinski definition) is 1. The van der Waals surface area contributed by atoms with Gasteiger partial charge in [0.15, 0.2) is 0 Å². The average Bonchev–Trinajstić information content (AvgIpc) is 2.95. The Hall–Kier alpha value is -1.92. The van der Waals surface area contributed by atoms with E-state index in [9.17, 15) is 8.42 Å². The van der Waals surface area contributed by atoms with Gasteiger partial charge in [-0.3, -0.25) is 4.98 Å². The second-order valence-corrected chi connectivity index (χ2v) is 6.60. The summed E-state index contributed by atoms with van der Waals surface area (Å²) < 4.78 is 32.5. The van der Waals surface area contributed by atoms with Crippen molar-refractivity contribution in [2.24, 2.45) is 0 Å². The fourth-order valence-electron chi connectivity index (χ4n) is 2.27. The molecule has 2 heterocycles. The molecule has 0 fully saturated rings. The van der Waals surface area contributed by atoms with Gasteiger partial charge in [-0.25, -0.2) is 13.1 Å². The molecule has 1 N–H and O–H groups in total. The van der Waals surface area contributed by atoms with E-state index in [0.29, 0.717) is 19.6 Å². The van der Waals surface area contributed by atoms with Crippen LogP contribution in [0.25, 0.3) is 0 Å². The van der Waals surface area contributed by atoms with Crippen molar-refractivity contribution in [3.63, 3.8) is 0 Å². The molecule has 0 unspecified atom stereocenters. The van der Waals surface area contributed by atoms with Crippen molar-refractivity contribution in [2.75, 3.05) is 13.2 Å². The van der Waals surface area contributed by atoms with Crippen LogP contribution in [0.5, 0.6) is 5.75 Å². The number of hydrogen-bond acceptors (Lipinski definition) is 4. The number of sulfonamides is 1. The number of fused-ring (bicyclic) bond motifs is 1. The number of rotatable bonds is 5. The number of aromatic nitrogens is 1. The molecule has 0 bridgehead atoms. The van der Waals surface area contributed by atoms with Crippen LogP contribution in [0.1, 0.15) is 11.3 Å². The molecule has 0 aliphatic carbocycles. The van der Waals surface area contributed by atoms with Gasteiger partial charge in [0, 0.05) is 31.3 Å². The van der Waals surface area contributed by atoms with Crippen molar-refractivity contribution in [1.29, 1.82) is 0 Å². The maximum absolute atomic E-state index is 12.2. The van der Waals surface area contributed by atoms with Crippen LogP contribution >= 0.6 is 0 Å². The van der Waals surface area contributed by atoms with Gasteiger partial charge in [-0.2, -0.15) is 0 Å². The summed E-state index contributed by atoms with van der Waals surface area (Å²) in [5.41, 5.74) is 1.81. The van der Waals surface area contributed by atoms with Crippen LogP contribution < -0.4 is 9.46 Å². The summed E-state index contributed by atoms with van der Waals surface area (Å²) in [4.78, 5) is 4.45. The Morgan fingerprint density at radius 2 is 2.14 bits per heavy atom. The Bertz CT molecular complexity index is 730. The molecule has 110 valence electrons. The Morgan fingerprint density at radius 3 is 2.95 bits per heavy atom. The lowest BCUT2D eigenvalue weighted by molar-refractivity contribution is 0.356. The van der Waals surface area contributed by atoms with Crippen LogP contribution in [0.3, 0.4) is 0 Å². The largest absolute Gasteiger partial charge is 0.493 e. The lowest BCUT2D eigenvalue weighted by atomic mass is 10.2. The van der Waals surface area contributed by atoms with E-state index in [1.54, 1.807) is 24.4 Å². The maximum atomic E-state index is 12.2. The van der Waals surface area contributed by atoms with E-state index in [1.165, 1.54) is 0 Å². The molecule has 0 atom stereocenters. The SMILES string of the molecule is O=S(=O)(NCCc1ccccn1)c1ccc2c(c1)CCO2. The third-order valence-electron chi connectivity index (χ3n) is 3.37.